The molecule has 1 aromatic carbocycles. The Balaban J connectivity index is 1.71. The third-order valence-electron chi connectivity index (χ3n) is 3.79. The van der Waals surface area contributed by atoms with Crippen molar-refractivity contribution in [2.75, 3.05) is 6.54 Å². The summed E-state index contributed by atoms with van der Waals surface area (Å²) < 4.78 is 7.25. The predicted molar refractivity (Wildman–Crippen MR) is 77.3 cm³/mol. The molecular weight excluding hydrogens is 266 g/mol. The van der Waals surface area contributed by atoms with Crippen LogP contribution in [0, 0.1) is 0 Å². The standard InChI is InChI=1S/C15H15N5O/c1-20-7-6-17-14(20)13-18-15(21-19-13)11-3-2-10-4-5-16-9-12(10)8-11/h2-3,6-8,16H,4-5,9H2,1H3. The summed E-state index contributed by atoms with van der Waals surface area (Å²) in [6, 6.07) is 6.31. The Morgan fingerprint density at radius 2 is 2.24 bits per heavy atom. The van der Waals surface area contributed by atoms with Crippen LogP contribution in [0.5, 0.6) is 0 Å². The zero-order valence-electron chi connectivity index (χ0n) is 11.7. The van der Waals surface area contributed by atoms with Gasteiger partial charge < -0.3 is 14.4 Å². The summed E-state index contributed by atoms with van der Waals surface area (Å²) in [5.74, 6) is 1.74. The van der Waals surface area contributed by atoms with Gasteiger partial charge >= 0.3 is 0 Å². The number of hydrogen-bond acceptors (Lipinski definition) is 5. The average molecular weight is 281 g/mol. The normalized spacial score (nSPS) is 14.1. The summed E-state index contributed by atoms with van der Waals surface area (Å²) in [7, 11) is 1.91. The summed E-state index contributed by atoms with van der Waals surface area (Å²) in [4.78, 5) is 8.68. The topological polar surface area (TPSA) is 68.8 Å². The fraction of sp³-hybridized carbons (Fsp3) is 0.267. The van der Waals surface area contributed by atoms with E-state index in [4.69, 9.17) is 4.52 Å². The van der Waals surface area contributed by atoms with Crippen molar-refractivity contribution >= 4 is 0 Å². The first kappa shape index (κ1) is 12.3. The van der Waals surface area contributed by atoms with E-state index in [1.807, 2.05) is 23.9 Å². The van der Waals surface area contributed by atoms with Crippen LogP contribution in [0.15, 0.2) is 35.1 Å². The molecule has 0 saturated carbocycles. The molecule has 0 radical (unpaired) electrons. The molecule has 6 heteroatoms. The first-order chi connectivity index (χ1) is 10.3. The highest BCUT2D eigenvalue weighted by atomic mass is 16.5. The molecule has 3 heterocycles. The molecule has 0 atom stereocenters. The number of nitrogens with zero attached hydrogens (tertiary/aromatic N) is 4. The molecule has 3 aromatic rings. The van der Waals surface area contributed by atoms with Crippen LogP contribution in [0.3, 0.4) is 0 Å². The molecule has 106 valence electrons. The Bertz CT molecular complexity index is 789. The molecule has 1 aliphatic rings. The number of rotatable bonds is 2. The summed E-state index contributed by atoms with van der Waals surface area (Å²) >= 11 is 0. The van der Waals surface area contributed by atoms with Gasteiger partial charge in [0.15, 0.2) is 5.82 Å². The van der Waals surface area contributed by atoms with Crippen LogP contribution in [0.25, 0.3) is 23.1 Å². The second kappa shape index (κ2) is 4.82. The number of nitrogens with one attached hydrogen (secondary N) is 1. The van der Waals surface area contributed by atoms with E-state index in [2.05, 4.69) is 32.6 Å². The van der Waals surface area contributed by atoms with Crippen molar-refractivity contribution in [3.63, 3.8) is 0 Å². The molecule has 0 aliphatic carbocycles. The lowest BCUT2D eigenvalue weighted by Crippen LogP contribution is -2.23. The minimum Gasteiger partial charge on any atom is -0.334 e. The van der Waals surface area contributed by atoms with E-state index in [1.54, 1.807) is 6.20 Å². The van der Waals surface area contributed by atoms with E-state index in [1.165, 1.54) is 11.1 Å². The van der Waals surface area contributed by atoms with E-state index in [0.717, 1.165) is 25.1 Å². The lowest BCUT2D eigenvalue weighted by molar-refractivity contribution is 0.431. The van der Waals surface area contributed by atoms with E-state index < -0.39 is 0 Å². The highest BCUT2D eigenvalue weighted by molar-refractivity contribution is 5.58. The average Bonchev–Trinajstić information content (AvgIpc) is 3.15. The minimum absolute atomic E-state index is 0.508. The van der Waals surface area contributed by atoms with Crippen LogP contribution in [0.1, 0.15) is 11.1 Å². The quantitative estimate of drug-likeness (QED) is 0.775. The van der Waals surface area contributed by atoms with Gasteiger partial charge in [0, 0.05) is 31.5 Å². The third kappa shape index (κ3) is 2.13. The molecule has 2 aromatic heterocycles. The van der Waals surface area contributed by atoms with E-state index >= 15 is 0 Å². The number of aryl methyl sites for hydroxylation is 1. The fourth-order valence-corrected chi connectivity index (χ4v) is 2.63. The van der Waals surface area contributed by atoms with Gasteiger partial charge in [-0.15, -0.1) is 0 Å². The van der Waals surface area contributed by atoms with Gasteiger partial charge in [-0.25, -0.2) is 4.98 Å². The van der Waals surface area contributed by atoms with Crippen molar-refractivity contribution in [2.24, 2.45) is 7.05 Å². The van der Waals surface area contributed by atoms with Crippen molar-refractivity contribution in [1.29, 1.82) is 0 Å². The molecule has 1 aliphatic heterocycles. The largest absolute Gasteiger partial charge is 0.334 e. The van der Waals surface area contributed by atoms with Crippen molar-refractivity contribution in [3.8, 4) is 23.1 Å². The lowest BCUT2D eigenvalue weighted by Gasteiger charge is -2.16. The van der Waals surface area contributed by atoms with Crippen molar-refractivity contribution < 1.29 is 4.52 Å². The molecule has 0 saturated heterocycles. The Morgan fingerprint density at radius 3 is 3.10 bits per heavy atom. The van der Waals surface area contributed by atoms with Crippen LogP contribution in [-0.2, 0) is 20.0 Å². The Labute approximate surface area is 121 Å². The molecule has 0 unspecified atom stereocenters. The number of benzene rings is 1. The number of imidazole rings is 1. The summed E-state index contributed by atoms with van der Waals surface area (Å²) in [6.07, 6.45) is 4.64. The third-order valence-corrected chi connectivity index (χ3v) is 3.79. The highest BCUT2D eigenvalue weighted by Gasteiger charge is 2.16. The second-order valence-electron chi connectivity index (χ2n) is 5.20. The van der Waals surface area contributed by atoms with Crippen molar-refractivity contribution in [3.05, 3.63) is 41.7 Å². The van der Waals surface area contributed by atoms with Gasteiger partial charge in [-0.1, -0.05) is 11.2 Å². The maximum absolute atomic E-state index is 5.39. The van der Waals surface area contributed by atoms with Crippen LogP contribution in [-0.4, -0.2) is 26.2 Å². The van der Waals surface area contributed by atoms with Gasteiger partial charge in [-0.05, 0) is 36.2 Å². The number of hydrogen-bond donors (Lipinski definition) is 1. The molecular formula is C15H15N5O. The molecule has 0 spiro atoms. The van der Waals surface area contributed by atoms with Gasteiger partial charge in [0.1, 0.15) is 0 Å². The molecule has 6 nitrogen and oxygen atoms in total. The van der Waals surface area contributed by atoms with Crippen molar-refractivity contribution in [2.45, 2.75) is 13.0 Å². The second-order valence-corrected chi connectivity index (χ2v) is 5.20. The van der Waals surface area contributed by atoms with Crippen molar-refractivity contribution in [1.82, 2.24) is 25.0 Å². The van der Waals surface area contributed by atoms with Crippen LogP contribution in [0.2, 0.25) is 0 Å². The smallest absolute Gasteiger partial charge is 0.258 e. The summed E-state index contributed by atoms with van der Waals surface area (Å²) in [5.41, 5.74) is 3.64. The number of aromatic nitrogens is 4. The lowest BCUT2D eigenvalue weighted by atomic mass is 9.98. The van der Waals surface area contributed by atoms with Gasteiger partial charge in [-0.3, -0.25) is 0 Å². The zero-order chi connectivity index (χ0) is 14.2. The Hall–Kier alpha value is -2.47. The number of fused-ring (bicyclic) bond motifs is 1. The molecule has 0 fully saturated rings. The maximum atomic E-state index is 5.39. The zero-order valence-corrected chi connectivity index (χ0v) is 11.7. The van der Waals surface area contributed by atoms with Gasteiger partial charge in [0.05, 0.1) is 0 Å². The molecule has 4 rings (SSSR count). The minimum atomic E-state index is 0.508. The van der Waals surface area contributed by atoms with E-state index in [0.29, 0.717) is 17.5 Å². The Morgan fingerprint density at radius 1 is 1.29 bits per heavy atom. The van der Waals surface area contributed by atoms with Gasteiger partial charge in [-0.2, -0.15) is 4.98 Å². The van der Waals surface area contributed by atoms with Gasteiger partial charge in [0.25, 0.3) is 5.89 Å². The van der Waals surface area contributed by atoms with Gasteiger partial charge in [0.2, 0.25) is 5.82 Å². The highest BCUT2D eigenvalue weighted by Crippen LogP contribution is 2.24. The molecule has 0 amide bonds. The summed E-state index contributed by atoms with van der Waals surface area (Å²) in [6.45, 7) is 1.93. The SMILES string of the molecule is Cn1ccnc1-c1noc(-c2ccc3c(c2)CNCC3)n1. The Kier molecular flexibility index (Phi) is 2.82. The monoisotopic (exact) mass is 281 g/mol. The van der Waals surface area contributed by atoms with E-state index in [9.17, 15) is 0 Å². The summed E-state index contributed by atoms with van der Waals surface area (Å²) in [5, 5.41) is 7.40. The van der Waals surface area contributed by atoms with E-state index in [-0.39, 0.29) is 0 Å². The first-order valence-electron chi connectivity index (χ1n) is 6.95. The van der Waals surface area contributed by atoms with Crippen LogP contribution < -0.4 is 5.32 Å². The predicted octanol–water partition coefficient (Wildman–Crippen LogP) is 1.78. The van der Waals surface area contributed by atoms with Crippen LogP contribution >= 0.6 is 0 Å². The maximum Gasteiger partial charge on any atom is 0.258 e. The molecule has 21 heavy (non-hydrogen) atoms. The first-order valence-corrected chi connectivity index (χ1v) is 6.95. The molecule has 1 N–H and O–H groups in total. The fourth-order valence-electron chi connectivity index (χ4n) is 2.63. The van der Waals surface area contributed by atoms with Crippen LogP contribution in [0.4, 0.5) is 0 Å². The molecule has 0 bridgehead atoms.